The summed E-state index contributed by atoms with van der Waals surface area (Å²) in [6.07, 6.45) is 0.366. The molecule has 0 aromatic heterocycles. The van der Waals surface area contributed by atoms with Crippen LogP contribution in [-0.2, 0) is 20.8 Å². The number of nitrogens with one attached hydrogen (secondary N) is 2. The van der Waals surface area contributed by atoms with Crippen LogP contribution in [0.1, 0.15) is 41.0 Å². The summed E-state index contributed by atoms with van der Waals surface area (Å²) < 4.78 is 29.2. The molecule has 1 aromatic carbocycles. The highest BCUT2D eigenvalue weighted by Gasteiger charge is 2.44. The summed E-state index contributed by atoms with van der Waals surface area (Å²) in [4.78, 5) is 25.1. The number of hydrogen-bond donors (Lipinski definition) is 3. The van der Waals surface area contributed by atoms with Crippen LogP contribution in [0.2, 0.25) is 0 Å². The van der Waals surface area contributed by atoms with Crippen molar-refractivity contribution in [3.63, 3.8) is 0 Å². The van der Waals surface area contributed by atoms with Gasteiger partial charge in [0.05, 0.1) is 0 Å². The first kappa shape index (κ1) is 25.4. The Morgan fingerprint density at radius 3 is 2.35 bits per heavy atom. The van der Waals surface area contributed by atoms with Crippen molar-refractivity contribution in [2.45, 2.75) is 58.7 Å². The van der Waals surface area contributed by atoms with Gasteiger partial charge >= 0.3 is 0 Å². The molecule has 0 bridgehead atoms. The van der Waals surface area contributed by atoms with E-state index in [0.29, 0.717) is 25.2 Å². The first-order valence-corrected chi connectivity index (χ1v) is 11.6. The predicted molar refractivity (Wildman–Crippen MR) is 121 cm³/mol. The van der Waals surface area contributed by atoms with Gasteiger partial charge in [0.15, 0.2) is 11.2 Å². The van der Waals surface area contributed by atoms with Gasteiger partial charge in [-0.2, -0.15) is 4.31 Å². The summed E-state index contributed by atoms with van der Waals surface area (Å²) in [7, 11) is 0. The van der Waals surface area contributed by atoms with Gasteiger partial charge in [0.25, 0.3) is 0 Å². The number of benzene rings is 1. The highest BCUT2D eigenvalue weighted by Crippen LogP contribution is 2.25. The maximum Gasteiger partial charge on any atom is 0.241 e. The zero-order chi connectivity index (χ0) is 23.3. The topological polar surface area (TPSA) is 108 Å². The van der Waals surface area contributed by atoms with Crippen molar-refractivity contribution in [2.24, 2.45) is 11.7 Å². The third kappa shape index (κ3) is 6.55. The second kappa shape index (κ2) is 10.6. The molecule has 1 aliphatic heterocycles. The fraction of sp³-hybridized carbons (Fsp3) is 0.619. The summed E-state index contributed by atoms with van der Waals surface area (Å²) in [5, 5.41) is 5.56. The Bertz CT molecular complexity index is 803. The monoisotopic (exact) mass is 455 g/mol. The van der Waals surface area contributed by atoms with Crippen LogP contribution in [0, 0.1) is 11.7 Å². The van der Waals surface area contributed by atoms with Gasteiger partial charge in [-0.25, -0.2) is 12.9 Å². The van der Waals surface area contributed by atoms with Crippen LogP contribution in [0.3, 0.4) is 0 Å². The van der Waals surface area contributed by atoms with Gasteiger partial charge in [0.2, 0.25) is 11.8 Å². The van der Waals surface area contributed by atoms with E-state index in [9.17, 15) is 18.2 Å². The maximum absolute atomic E-state index is 13.0. The number of rotatable bonds is 9. The zero-order valence-electron chi connectivity index (χ0n) is 18.9. The molecule has 2 rings (SSSR count). The van der Waals surface area contributed by atoms with Crippen LogP contribution in [0.4, 0.5) is 10.1 Å². The standard InChI is InChI=1S/C21H34FN5O3S/c1-14(2)26-10-11-27(31(26)30)21(4,5)20(29)24-13-17(23)12-15(3)19(28)25-18-8-6-16(22)7-9-18/h6-9,14-15,17H,10-13,23H2,1-5H3,(H,24,29)(H,25,28). The number of hydrogen-bond acceptors (Lipinski definition) is 4. The Morgan fingerprint density at radius 1 is 1.19 bits per heavy atom. The van der Waals surface area contributed by atoms with Crippen LogP contribution in [-0.4, -0.2) is 61.9 Å². The van der Waals surface area contributed by atoms with Crippen LogP contribution < -0.4 is 16.4 Å². The Labute approximate surface area is 186 Å². The van der Waals surface area contributed by atoms with Crippen LogP contribution >= 0.6 is 0 Å². The molecular weight excluding hydrogens is 421 g/mol. The maximum atomic E-state index is 13.0. The molecule has 0 spiro atoms. The van der Waals surface area contributed by atoms with E-state index in [4.69, 9.17) is 5.73 Å². The fourth-order valence-electron chi connectivity index (χ4n) is 3.38. The normalized spacial score (nSPS) is 19.9. The number of halogens is 1. The third-order valence-electron chi connectivity index (χ3n) is 5.41. The predicted octanol–water partition coefficient (Wildman–Crippen LogP) is 1.62. The Morgan fingerprint density at radius 2 is 1.81 bits per heavy atom. The third-order valence-corrected chi connectivity index (χ3v) is 7.43. The minimum atomic E-state index is -1.37. The van der Waals surface area contributed by atoms with Crippen LogP contribution in [0.15, 0.2) is 24.3 Å². The number of carbonyl (C=O) groups excluding carboxylic acids is 2. The second-order valence-electron chi connectivity index (χ2n) is 8.73. The minimum absolute atomic E-state index is 0.126. The molecule has 1 saturated heterocycles. The molecule has 2 amide bonds. The quantitative estimate of drug-likeness (QED) is 0.526. The van der Waals surface area contributed by atoms with Crippen molar-refractivity contribution in [3.05, 3.63) is 30.1 Å². The average Bonchev–Trinajstić information content (AvgIpc) is 3.10. The van der Waals surface area contributed by atoms with Gasteiger partial charge in [-0.1, -0.05) is 6.92 Å². The first-order valence-electron chi connectivity index (χ1n) is 10.5. The van der Waals surface area contributed by atoms with E-state index in [1.54, 1.807) is 25.1 Å². The molecular formula is C21H34FN5O3S. The van der Waals surface area contributed by atoms with E-state index in [1.807, 2.05) is 18.2 Å². The lowest BCUT2D eigenvalue weighted by Gasteiger charge is -2.33. The molecule has 3 atom stereocenters. The fourth-order valence-corrected chi connectivity index (χ4v) is 4.94. The summed E-state index contributed by atoms with van der Waals surface area (Å²) in [5.74, 6) is -1.25. The molecule has 31 heavy (non-hydrogen) atoms. The number of anilines is 1. The number of nitrogens with two attached hydrogens (primary N) is 1. The summed E-state index contributed by atoms with van der Waals surface area (Å²) >= 11 is -1.37. The highest BCUT2D eigenvalue weighted by molar-refractivity contribution is 7.80. The lowest BCUT2D eigenvalue weighted by Crippen LogP contribution is -2.56. The summed E-state index contributed by atoms with van der Waals surface area (Å²) in [6.45, 7) is 10.6. The lowest BCUT2D eigenvalue weighted by molar-refractivity contribution is -0.128. The Hall–Kier alpha value is -1.88. The van der Waals surface area contributed by atoms with Crippen molar-refractivity contribution in [1.82, 2.24) is 13.9 Å². The molecule has 10 heteroatoms. The van der Waals surface area contributed by atoms with E-state index >= 15 is 0 Å². The number of carbonyl (C=O) groups is 2. The number of nitrogens with zero attached hydrogens (tertiary/aromatic N) is 2. The minimum Gasteiger partial charge on any atom is -0.353 e. The highest BCUT2D eigenvalue weighted by atomic mass is 32.2. The molecule has 4 N–H and O–H groups in total. The van der Waals surface area contributed by atoms with E-state index in [-0.39, 0.29) is 30.2 Å². The van der Waals surface area contributed by atoms with E-state index in [0.717, 1.165) is 0 Å². The molecule has 3 unspecified atom stereocenters. The molecule has 1 aromatic rings. The first-order chi connectivity index (χ1) is 14.4. The SMILES string of the molecule is CC(CC(N)CNC(=O)C(C)(C)N1CCN(C(C)C)S1=O)C(=O)Nc1ccc(F)cc1. The van der Waals surface area contributed by atoms with Gasteiger partial charge < -0.3 is 16.4 Å². The molecule has 1 fully saturated rings. The van der Waals surface area contributed by atoms with Crippen molar-refractivity contribution >= 4 is 28.7 Å². The Balaban J connectivity index is 1.83. The van der Waals surface area contributed by atoms with Crippen molar-refractivity contribution in [2.75, 3.05) is 25.0 Å². The van der Waals surface area contributed by atoms with E-state index < -0.39 is 28.7 Å². The second-order valence-corrected chi connectivity index (χ2v) is 10.1. The van der Waals surface area contributed by atoms with Crippen molar-refractivity contribution in [1.29, 1.82) is 0 Å². The Kier molecular flexibility index (Phi) is 8.70. The van der Waals surface area contributed by atoms with E-state index in [2.05, 4.69) is 10.6 Å². The molecule has 0 saturated carbocycles. The van der Waals surface area contributed by atoms with Gasteiger partial charge in [0.1, 0.15) is 11.4 Å². The average molecular weight is 456 g/mol. The smallest absolute Gasteiger partial charge is 0.241 e. The van der Waals surface area contributed by atoms with Gasteiger partial charge in [0, 0.05) is 43.3 Å². The van der Waals surface area contributed by atoms with E-state index in [1.165, 1.54) is 24.3 Å². The molecule has 1 heterocycles. The van der Waals surface area contributed by atoms with Crippen molar-refractivity contribution in [3.8, 4) is 0 Å². The zero-order valence-corrected chi connectivity index (χ0v) is 19.7. The molecule has 8 nitrogen and oxygen atoms in total. The largest absolute Gasteiger partial charge is 0.353 e. The van der Waals surface area contributed by atoms with Gasteiger partial charge in [-0.3, -0.25) is 9.59 Å². The molecule has 0 aliphatic carbocycles. The summed E-state index contributed by atoms with van der Waals surface area (Å²) in [6, 6.07) is 5.23. The molecule has 174 valence electrons. The van der Waals surface area contributed by atoms with Gasteiger partial charge in [-0.05, 0) is 58.4 Å². The summed E-state index contributed by atoms with van der Waals surface area (Å²) in [5.41, 5.74) is 5.69. The van der Waals surface area contributed by atoms with Gasteiger partial charge in [-0.15, -0.1) is 0 Å². The molecule has 1 aliphatic rings. The van der Waals surface area contributed by atoms with Crippen molar-refractivity contribution < 1.29 is 18.2 Å². The van der Waals surface area contributed by atoms with Crippen LogP contribution in [0.5, 0.6) is 0 Å². The molecule has 0 radical (unpaired) electrons. The number of amides is 2. The lowest BCUT2D eigenvalue weighted by atomic mass is 10.00. The van der Waals surface area contributed by atoms with Crippen LogP contribution in [0.25, 0.3) is 0 Å².